The van der Waals surface area contributed by atoms with Gasteiger partial charge in [-0.1, -0.05) is 25.4 Å². The van der Waals surface area contributed by atoms with E-state index >= 15 is 0 Å². The molecule has 0 aliphatic rings. The Morgan fingerprint density at radius 3 is 2.56 bits per heavy atom. The van der Waals surface area contributed by atoms with Crippen LogP contribution in [0.4, 0.5) is 0 Å². The van der Waals surface area contributed by atoms with Crippen molar-refractivity contribution >= 4 is 22.8 Å². The molecule has 0 radical (unpaired) electrons. The summed E-state index contributed by atoms with van der Waals surface area (Å²) in [6.07, 6.45) is 2.04. The molecular weight excluding hydrogens is 362 g/mol. The summed E-state index contributed by atoms with van der Waals surface area (Å²) in [7, 11) is 1.69. The lowest BCUT2D eigenvalue weighted by atomic mass is 10.0. The van der Waals surface area contributed by atoms with E-state index in [4.69, 9.17) is 32.0 Å². The molecule has 6 nitrogen and oxygen atoms in total. The van der Waals surface area contributed by atoms with Crippen molar-refractivity contribution in [2.75, 3.05) is 13.7 Å². The Morgan fingerprint density at radius 1 is 1.19 bits per heavy atom. The standard InChI is InChI=1S/C20H26ClN5O/c1-11(2)15-7-6-14(16(8-22)23-15)18-19(21)25-20-17(24-18)12(3)9-26(20)13(4)10-27-5/h6-7,9,11,13H,8,10,22H2,1-5H3/t13-/m0/s1. The van der Waals surface area contributed by atoms with Crippen molar-refractivity contribution in [3.8, 4) is 11.3 Å². The molecule has 0 bridgehead atoms. The van der Waals surface area contributed by atoms with Crippen LogP contribution in [-0.4, -0.2) is 33.2 Å². The molecule has 3 aromatic heterocycles. The Balaban J connectivity index is 2.17. The van der Waals surface area contributed by atoms with E-state index in [1.54, 1.807) is 7.11 Å². The third kappa shape index (κ3) is 3.70. The summed E-state index contributed by atoms with van der Waals surface area (Å²) in [5.74, 6) is 0.326. The second-order valence-electron chi connectivity index (χ2n) is 7.15. The smallest absolute Gasteiger partial charge is 0.161 e. The van der Waals surface area contributed by atoms with Gasteiger partial charge in [-0.2, -0.15) is 0 Å². The van der Waals surface area contributed by atoms with E-state index in [9.17, 15) is 0 Å². The number of nitrogens with zero attached hydrogens (tertiary/aromatic N) is 4. The normalized spacial score (nSPS) is 12.9. The number of halogens is 1. The van der Waals surface area contributed by atoms with E-state index in [2.05, 4.69) is 30.3 Å². The van der Waals surface area contributed by atoms with Crippen molar-refractivity contribution in [3.63, 3.8) is 0 Å². The van der Waals surface area contributed by atoms with Crippen LogP contribution in [0.2, 0.25) is 5.15 Å². The molecule has 0 fully saturated rings. The summed E-state index contributed by atoms with van der Waals surface area (Å²) in [5, 5.41) is 0.347. The first kappa shape index (κ1) is 19.7. The molecule has 0 aromatic carbocycles. The van der Waals surface area contributed by atoms with Crippen LogP contribution in [0.1, 0.15) is 49.7 Å². The highest BCUT2D eigenvalue weighted by molar-refractivity contribution is 6.32. The average molecular weight is 388 g/mol. The first-order valence-electron chi connectivity index (χ1n) is 9.11. The van der Waals surface area contributed by atoms with Crippen LogP contribution in [0, 0.1) is 6.92 Å². The minimum Gasteiger partial charge on any atom is -0.383 e. The van der Waals surface area contributed by atoms with E-state index in [0.717, 1.165) is 33.7 Å². The summed E-state index contributed by atoms with van der Waals surface area (Å²) < 4.78 is 7.33. The first-order valence-corrected chi connectivity index (χ1v) is 9.49. The lowest BCUT2D eigenvalue weighted by Crippen LogP contribution is -2.11. The Morgan fingerprint density at radius 2 is 1.93 bits per heavy atom. The minimum atomic E-state index is 0.133. The van der Waals surface area contributed by atoms with Gasteiger partial charge < -0.3 is 15.0 Å². The zero-order valence-electron chi connectivity index (χ0n) is 16.5. The summed E-state index contributed by atoms with van der Waals surface area (Å²) in [6, 6.07) is 4.13. The van der Waals surface area contributed by atoms with Gasteiger partial charge in [-0.05, 0) is 37.5 Å². The molecule has 0 amide bonds. The van der Waals surface area contributed by atoms with E-state index < -0.39 is 0 Å². The maximum Gasteiger partial charge on any atom is 0.161 e. The molecule has 0 unspecified atom stereocenters. The Kier molecular flexibility index (Phi) is 5.79. The number of fused-ring (bicyclic) bond motifs is 1. The molecule has 1 atom stereocenters. The van der Waals surface area contributed by atoms with Gasteiger partial charge in [0.05, 0.1) is 18.3 Å². The van der Waals surface area contributed by atoms with Gasteiger partial charge in [0.1, 0.15) is 11.2 Å². The van der Waals surface area contributed by atoms with Crippen LogP contribution in [0.3, 0.4) is 0 Å². The average Bonchev–Trinajstić information content (AvgIpc) is 2.96. The lowest BCUT2D eigenvalue weighted by molar-refractivity contribution is 0.163. The Hall–Kier alpha value is -2.02. The van der Waals surface area contributed by atoms with E-state index in [-0.39, 0.29) is 6.04 Å². The fourth-order valence-corrected chi connectivity index (χ4v) is 3.45. The van der Waals surface area contributed by atoms with E-state index in [1.807, 2.05) is 25.3 Å². The van der Waals surface area contributed by atoms with Crippen LogP contribution >= 0.6 is 11.6 Å². The maximum atomic E-state index is 6.55. The van der Waals surface area contributed by atoms with Crippen LogP contribution in [0.15, 0.2) is 18.3 Å². The van der Waals surface area contributed by atoms with Crippen LogP contribution in [-0.2, 0) is 11.3 Å². The van der Waals surface area contributed by atoms with Crippen LogP contribution in [0.5, 0.6) is 0 Å². The largest absolute Gasteiger partial charge is 0.383 e. The molecule has 0 saturated heterocycles. The fraction of sp³-hybridized carbons (Fsp3) is 0.450. The van der Waals surface area contributed by atoms with Gasteiger partial charge in [0, 0.05) is 31.1 Å². The van der Waals surface area contributed by atoms with E-state index in [1.165, 1.54) is 0 Å². The molecular formula is C20H26ClN5O. The summed E-state index contributed by atoms with van der Waals surface area (Å²) in [6.45, 7) is 9.21. The molecule has 144 valence electrons. The Bertz CT molecular complexity index is 967. The van der Waals surface area contributed by atoms with Gasteiger partial charge in [-0.15, -0.1) is 0 Å². The Labute approximate surface area is 164 Å². The minimum absolute atomic E-state index is 0.133. The first-order chi connectivity index (χ1) is 12.9. The van der Waals surface area contributed by atoms with Gasteiger partial charge in [0.15, 0.2) is 10.8 Å². The quantitative estimate of drug-likeness (QED) is 0.684. The molecule has 2 N–H and O–H groups in total. The number of nitrogens with two attached hydrogens (primary N) is 1. The molecule has 0 aliphatic heterocycles. The zero-order chi connectivity index (χ0) is 19.7. The van der Waals surface area contributed by atoms with Gasteiger partial charge in [-0.25, -0.2) is 9.97 Å². The monoisotopic (exact) mass is 387 g/mol. The van der Waals surface area contributed by atoms with Gasteiger partial charge in [-0.3, -0.25) is 4.98 Å². The highest BCUT2D eigenvalue weighted by Gasteiger charge is 2.19. The number of methoxy groups -OCH3 is 1. The summed E-state index contributed by atoms with van der Waals surface area (Å²) in [4.78, 5) is 14.2. The molecule has 0 spiro atoms. The third-order valence-electron chi connectivity index (χ3n) is 4.70. The molecule has 7 heteroatoms. The fourth-order valence-electron chi connectivity index (χ4n) is 3.22. The predicted octanol–water partition coefficient (Wildman–Crippen LogP) is 4.24. The second kappa shape index (κ2) is 7.92. The van der Waals surface area contributed by atoms with Crippen molar-refractivity contribution in [1.29, 1.82) is 0 Å². The maximum absolute atomic E-state index is 6.55. The summed E-state index contributed by atoms with van der Waals surface area (Å²) in [5.41, 5.74) is 11.8. The number of pyridine rings is 1. The number of aryl methyl sites for hydroxylation is 1. The van der Waals surface area contributed by atoms with Crippen molar-refractivity contribution in [2.45, 2.75) is 46.2 Å². The van der Waals surface area contributed by atoms with Crippen LogP contribution in [0.25, 0.3) is 22.4 Å². The second-order valence-corrected chi connectivity index (χ2v) is 7.51. The molecule has 27 heavy (non-hydrogen) atoms. The number of ether oxygens (including phenoxy) is 1. The summed E-state index contributed by atoms with van der Waals surface area (Å²) >= 11 is 6.55. The predicted molar refractivity (Wildman–Crippen MR) is 109 cm³/mol. The molecule has 3 rings (SSSR count). The van der Waals surface area contributed by atoms with Crippen molar-refractivity contribution < 1.29 is 4.74 Å². The third-order valence-corrected chi connectivity index (χ3v) is 4.97. The van der Waals surface area contributed by atoms with Crippen LogP contribution < -0.4 is 5.73 Å². The highest BCUT2D eigenvalue weighted by atomic mass is 35.5. The van der Waals surface area contributed by atoms with Crippen molar-refractivity contribution in [1.82, 2.24) is 19.5 Å². The SMILES string of the molecule is COC[C@H](C)n1cc(C)c2nc(-c3ccc(C(C)C)nc3CN)c(Cl)nc21. The molecule has 3 heterocycles. The van der Waals surface area contributed by atoms with Gasteiger partial charge in [0.2, 0.25) is 0 Å². The van der Waals surface area contributed by atoms with Gasteiger partial charge in [0.25, 0.3) is 0 Å². The molecule has 0 saturated carbocycles. The van der Waals surface area contributed by atoms with Gasteiger partial charge >= 0.3 is 0 Å². The molecule has 0 aliphatic carbocycles. The number of hydrogen-bond donors (Lipinski definition) is 1. The zero-order valence-corrected chi connectivity index (χ0v) is 17.2. The highest BCUT2D eigenvalue weighted by Crippen LogP contribution is 2.32. The lowest BCUT2D eigenvalue weighted by Gasteiger charge is -2.14. The number of hydrogen-bond acceptors (Lipinski definition) is 5. The van der Waals surface area contributed by atoms with Crippen molar-refractivity contribution in [2.24, 2.45) is 5.73 Å². The van der Waals surface area contributed by atoms with E-state index in [0.29, 0.717) is 29.9 Å². The topological polar surface area (TPSA) is 78.8 Å². The number of rotatable bonds is 6. The number of aromatic nitrogens is 4. The molecule has 3 aromatic rings. The van der Waals surface area contributed by atoms with Crippen molar-refractivity contribution in [3.05, 3.63) is 40.4 Å².